The zero-order chi connectivity index (χ0) is 20.8. The van der Waals surface area contributed by atoms with E-state index in [1.54, 1.807) is 24.3 Å². The van der Waals surface area contributed by atoms with E-state index in [4.69, 9.17) is 17.0 Å². The summed E-state index contributed by atoms with van der Waals surface area (Å²) >= 11 is 6.51. The molecule has 0 bridgehead atoms. The molecule has 0 radical (unpaired) electrons. The Bertz CT molecular complexity index is 984. The first-order valence-corrected chi connectivity index (χ1v) is 10.1. The van der Waals surface area contributed by atoms with Gasteiger partial charge in [0.25, 0.3) is 11.8 Å². The van der Waals surface area contributed by atoms with E-state index in [0.29, 0.717) is 21.5 Å². The van der Waals surface area contributed by atoms with E-state index >= 15 is 0 Å². The maximum absolute atomic E-state index is 12.4. The lowest BCUT2D eigenvalue weighted by molar-refractivity contribution is -0.121. The fourth-order valence-corrected chi connectivity index (χ4v) is 3.94. The van der Waals surface area contributed by atoms with Gasteiger partial charge in [-0.15, -0.1) is 6.58 Å². The number of rotatable bonds is 7. The van der Waals surface area contributed by atoms with Gasteiger partial charge in [-0.2, -0.15) is 0 Å². The topological polar surface area (TPSA) is 58.6 Å². The number of aryl methyl sites for hydroxylation is 1. The number of benzene rings is 2. The van der Waals surface area contributed by atoms with E-state index in [0.717, 1.165) is 16.8 Å². The monoisotopic (exact) mass is 424 g/mol. The number of thiocarbonyl (C=S) groups is 1. The Labute approximate surface area is 179 Å². The SMILES string of the molecule is C=CCN1C(=O)/C(=C/c2ccc(OCC(=O)Nc3cccc(C)c3)cc2)SC1=S. The Hall–Kier alpha value is -2.90. The minimum absolute atomic E-state index is 0.0898. The van der Waals surface area contributed by atoms with Gasteiger partial charge in [-0.3, -0.25) is 14.5 Å². The van der Waals surface area contributed by atoms with Crippen LogP contribution in [-0.2, 0) is 9.59 Å². The van der Waals surface area contributed by atoms with Crippen LogP contribution >= 0.6 is 24.0 Å². The van der Waals surface area contributed by atoms with Crippen LogP contribution in [0.3, 0.4) is 0 Å². The van der Waals surface area contributed by atoms with Crippen molar-refractivity contribution in [2.24, 2.45) is 0 Å². The van der Waals surface area contributed by atoms with Gasteiger partial charge < -0.3 is 10.1 Å². The number of amides is 2. The Morgan fingerprint density at radius 1 is 1.28 bits per heavy atom. The summed E-state index contributed by atoms with van der Waals surface area (Å²) in [5.74, 6) is 0.222. The van der Waals surface area contributed by atoms with Gasteiger partial charge in [0.2, 0.25) is 0 Å². The molecule has 29 heavy (non-hydrogen) atoms. The summed E-state index contributed by atoms with van der Waals surface area (Å²) in [6, 6.07) is 14.7. The summed E-state index contributed by atoms with van der Waals surface area (Å²) in [6.45, 7) is 5.92. The maximum atomic E-state index is 12.4. The quantitative estimate of drug-likeness (QED) is 0.406. The molecule has 0 unspecified atom stereocenters. The molecular weight excluding hydrogens is 404 g/mol. The van der Waals surface area contributed by atoms with Crippen molar-refractivity contribution < 1.29 is 14.3 Å². The number of nitrogens with one attached hydrogen (secondary N) is 1. The summed E-state index contributed by atoms with van der Waals surface area (Å²) in [6.07, 6.45) is 3.44. The number of carbonyl (C=O) groups excluding carboxylic acids is 2. The van der Waals surface area contributed by atoms with Crippen LogP contribution in [0.5, 0.6) is 5.75 Å². The van der Waals surface area contributed by atoms with Gasteiger partial charge in [0.15, 0.2) is 6.61 Å². The summed E-state index contributed by atoms with van der Waals surface area (Å²) in [4.78, 5) is 26.5. The molecule has 0 aliphatic carbocycles. The highest BCUT2D eigenvalue weighted by Gasteiger charge is 2.30. The van der Waals surface area contributed by atoms with Crippen molar-refractivity contribution in [2.75, 3.05) is 18.5 Å². The third kappa shape index (κ3) is 5.56. The molecule has 1 fully saturated rings. The lowest BCUT2D eigenvalue weighted by Gasteiger charge is -2.10. The molecule has 1 aliphatic rings. The molecular formula is C22H20N2O3S2. The Kier molecular flexibility index (Phi) is 6.85. The fourth-order valence-electron chi connectivity index (χ4n) is 2.67. The van der Waals surface area contributed by atoms with Crippen LogP contribution in [-0.4, -0.2) is 34.2 Å². The zero-order valence-corrected chi connectivity index (χ0v) is 17.5. The van der Waals surface area contributed by atoms with Crippen LogP contribution < -0.4 is 10.1 Å². The predicted octanol–water partition coefficient (Wildman–Crippen LogP) is 4.40. The molecule has 2 amide bonds. The second-order valence-electron chi connectivity index (χ2n) is 6.36. The van der Waals surface area contributed by atoms with Crippen molar-refractivity contribution in [3.63, 3.8) is 0 Å². The fraction of sp³-hybridized carbons (Fsp3) is 0.136. The van der Waals surface area contributed by atoms with Gasteiger partial charge in [-0.05, 0) is 48.4 Å². The molecule has 0 saturated carbocycles. The lowest BCUT2D eigenvalue weighted by atomic mass is 10.2. The average Bonchev–Trinajstić information content (AvgIpc) is 2.95. The van der Waals surface area contributed by atoms with Gasteiger partial charge in [-0.25, -0.2) is 0 Å². The molecule has 1 N–H and O–H groups in total. The first kappa shape index (κ1) is 20.8. The molecule has 148 valence electrons. The lowest BCUT2D eigenvalue weighted by Crippen LogP contribution is -2.27. The van der Waals surface area contributed by atoms with Crippen LogP contribution in [0.4, 0.5) is 5.69 Å². The van der Waals surface area contributed by atoms with Crippen LogP contribution in [0.2, 0.25) is 0 Å². The molecule has 1 aliphatic heterocycles. The largest absolute Gasteiger partial charge is 0.484 e. The predicted molar refractivity (Wildman–Crippen MR) is 122 cm³/mol. The van der Waals surface area contributed by atoms with Crippen molar-refractivity contribution in [1.29, 1.82) is 0 Å². The number of thioether (sulfide) groups is 1. The smallest absolute Gasteiger partial charge is 0.266 e. The van der Waals surface area contributed by atoms with Crippen molar-refractivity contribution in [2.45, 2.75) is 6.92 Å². The van der Waals surface area contributed by atoms with Crippen LogP contribution in [0.1, 0.15) is 11.1 Å². The average molecular weight is 425 g/mol. The van der Waals surface area contributed by atoms with Gasteiger partial charge in [0.1, 0.15) is 10.1 Å². The molecule has 2 aromatic carbocycles. The standard InChI is InChI=1S/C22H20N2O3S2/c1-3-11-24-21(26)19(29-22(24)28)13-16-7-9-18(10-8-16)27-14-20(25)23-17-6-4-5-15(2)12-17/h3-10,12-13H,1,11,14H2,2H3,(H,23,25)/b19-13-. The van der Waals surface area contributed by atoms with Gasteiger partial charge in [0, 0.05) is 12.2 Å². The molecule has 5 nitrogen and oxygen atoms in total. The van der Waals surface area contributed by atoms with Crippen molar-refractivity contribution in [1.82, 2.24) is 4.90 Å². The molecule has 3 rings (SSSR count). The summed E-state index contributed by atoms with van der Waals surface area (Å²) in [5, 5.41) is 2.80. The maximum Gasteiger partial charge on any atom is 0.266 e. The van der Waals surface area contributed by atoms with Crippen molar-refractivity contribution >= 4 is 51.9 Å². The van der Waals surface area contributed by atoms with Crippen LogP contribution in [0.25, 0.3) is 6.08 Å². The first-order chi connectivity index (χ1) is 14.0. The molecule has 0 aromatic heterocycles. The second-order valence-corrected chi connectivity index (χ2v) is 8.03. The van der Waals surface area contributed by atoms with Crippen molar-refractivity contribution in [3.05, 3.63) is 77.2 Å². The van der Waals surface area contributed by atoms with E-state index in [1.807, 2.05) is 43.3 Å². The third-order valence-corrected chi connectivity index (χ3v) is 5.41. The summed E-state index contributed by atoms with van der Waals surface area (Å²) in [5.41, 5.74) is 2.66. The highest BCUT2D eigenvalue weighted by Crippen LogP contribution is 2.32. The van der Waals surface area contributed by atoms with E-state index in [-0.39, 0.29) is 18.4 Å². The number of hydrogen-bond acceptors (Lipinski definition) is 5. The number of hydrogen-bond donors (Lipinski definition) is 1. The Morgan fingerprint density at radius 2 is 2.03 bits per heavy atom. The number of anilines is 1. The minimum Gasteiger partial charge on any atom is -0.484 e. The molecule has 1 saturated heterocycles. The molecule has 2 aromatic rings. The van der Waals surface area contributed by atoms with Gasteiger partial charge in [-0.1, -0.05) is 54.3 Å². The Balaban J connectivity index is 1.56. The van der Waals surface area contributed by atoms with E-state index in [9.17, 15) is 9.59 Å². The van der Waals surface area contributed by atoms with Crippen LogP contribution in [0, 0.1) is 6.92 Å². The number of ether oxygens (including phenoxy) is 1. The van der Waals surface area contributed by atoms with E-state index in [1.165, 1.54) is 16.7 Å². The molecule has 0 spiro atoms. The zero-order valence-electron chi connectivity index (χ0n) is 15.9. The molecule has 1 heterocycles. The van der Waals surface area contributed by atoms with E-state index < -0.39 is 0 Å². The number of carbonyl (C=O) groups is 2. The van der Waals surface area contributed by atoms with Gasteiger partial charge >= 0.3 is 0 Å². The summed E-state index contributed by atoms with van der Waals surface area (Å²) < 4.78 is 6.07. The Morgan fingerprint density at radius 3 is 2.72 bits per heavy atom. The molecule has 7 heteroatoms. The summed E-state index contributed by atoms with van der Waals surface area (Å²) in [7, 11) is 0. The van der Waals surface area contributed by atoms with E-state index in [2.05, 4.69) is 11.9 Å². The van der Waals surface area contributed by atoms with Gasteiger partial charge in [0.05, 0.1) is 4.91 Å². The second kappa shape index (κ2) is 9.54. The number of nitrogens with zero attached hydrogens (tertiary/aromatic N) is 1. The highest BCUT2D eigenvalue weighted by molar-refractivity contribution is 8.26. The normalized spacial score (nSPS) is 14.9. The third-order valence-electron chi connectivity index (χ3n) is 4.03. The highest BCUT2D eigenvalue weighted by atomic mass is 32.2. The van der Waals surface area contributed by atoms with Crippen LogP contribution in [0.15, 0.2) is 66.1 Å². The first-order valence-electron chi connectivity index (χ1n) is 8.92. The minimum atomic E-state index is -0.231. The molecule has 0 atom stereocenters. The van der Waals surface area contributed by atoms with Crippen molar-refractivity contribution in [3.8, 4) is 5.75 Å².